The highest BCUT2D eigenvalue weighted by Gasteiger charge is 2.39. The molecule has 0 aromatic rings. The third kappa shape index (κ3) is 15.8. The van der Waals surface area contributed by atoms with Crippen LogP contribution in [0.4, 0.5) is 4.79 Å². The molecule has 0 spiro atoms. The molecule has 0 radical (unpaired) electrons. The Labute approximate surface area is 138 Å². The van der Waals surface area contributed by atoms with E-state index in [9.17, 15) is 0 Å². The maximum Gasteiger partial charge on any atom is 0.501 e. The minimum Gasteiger partial charge on any atom is -0.471 e. The minimum absolute atomic E-state index is 0.0708. The van der Waals surface area contributed by atoms with Crippen LogP contribution in [0.3, 0.4) is 0 Å². The van der Waals surface area contributed by atoms with Gasteiger partial charge in [0.05, 0.1) is 6.61 Å². The number of thiocarbonyl (C=S) groups is 1. The van der Waals surface area contributed by atoms with Crippen molar-refractivity contribution in [1.82, 2.24) is 0 Å². The van der Waals surface area contributed by atoms with Crippen LogP contribution in [0.2, 0.25) is 6.04 Å². The van der Waals surface area contributed by atoms with E-state index in [4.69, 9.17) is 28.5 Å². The van der Waals surface area contributed by atoms with Gasteiger partial charge in [0, 0.05) is 25.9 Å². The summed E-state index contributed by atoms with van der Waals surface area (Å²) in [5, 5.41) is -0.568. The molecule has 4 N–H and O–H groups in total. The van der Waals surface area contributed by atoms with Gasteiger partial charge in [-0.05, 0) is 39.4 Å². The Balaban J connectivity index is 0. The van der Waals surface area contributed by atoms with E-state index in [0.717, 1.165) is 6.42 Å². The number of carbonyl (C=O) groups is 1. The lowest BCUT2D eigenvalue weighted by molar-refractivity contribution is 0.0695. The molecule has 0 atom stereocenters. The average molecular weight is 359 g/mol. The van der Waals surface area contributed by atoms with Crippen LogP contribution in [0.25, 0.3) is 0 Å². The molecule has 21 heavy (non-hydrogen) atoms. The second-order valence-electron chi connectivity index (χ2n) is 3.59. The summed E-state index contributed by atoms with van der Waals surface area (Å²) in [7, 11) is -2.53. The molecule has 0 fully saturated rings. The van der Waals surface area contributed by atoms with Crippen molar-refractivity contribution in [2.24, 2.45) is 11.5 Å². The van der Waals surface area contributed by atoms with Gasteiger partial charge in [-0.1, -0.05) is 12.6 Å². The summed E-state index contributed by atoms with van der Waals surface area (Å²) in [5.74, 6) is 0. The SMILES string of the molecule is CCO[Si](CCCOC(N)=S)(OCC)OCC.NC(=O)S. The van der Waals surface area contributed by atoms with E-state index in [1.807, 2.05) is 20.8 Å². The van der Waals surface area contributed by atoms with Crippen LogP contribution in [-0.4, -0.2) is 45.6 Å². The number of carbonyl (C=O) groups excluding carboxylic acids is 1. The van der Waals surface area contributed by atoms with E-state index in [2.05, 4.69) is 30.6 Å². The van der Waals surface area contributed by atoms with Crippen LogP contribution in [-0.2, 0) is 18.0 Å². The van der Waals surface area contributed by atoms with Gasteiger partial charge in [-0.15, -0.1) is 0 Å². The van der Waals surface area contributed by atoms with Crippen molar-refractivity contribution in [2.75, 3.05) is 26.4 Å². The van der Waals surface area contributed by atoms with Gasteiger partial charge in [0.25, 0.3) is 10.4 Å². The lowest BCUT2D eigenvalue weighted by Gasteiger charge is -2.28. The molecule has 7 nitrogen and oxygen atoms in total. The molecule has 0 saturated heterocycles. The van der Waals surface area contributed by atoms with Gasteiger partial charge in [0.1, 0.15) is 0 Å². The summed E-state index contributed by atoms with van der Waals surface area (Å²) in [6.45, 7) is 8.03. The first-order valence-electron chi connectivity index (χ1n) is 6.66. The number of rotatable bonds is 10. The summed E-state index contributed by atoms with van der Waals surface area (Å²) in [5.41, 5.74) is 9.58. The first-order valence-corrected chi connectivity index (χ1v) is 9.44. The quantitative estimate of drug-likeness (QED) is 0.236. The Morgan fingerprint density at radius 2 is 1.48 bits per heavy atom. The number of primary amides is 1. The highest BCUT2D eigenvalue weighted by molar-refractivity contribution is 7.96. The molecule has 0 aromatic carbocycles. The molecule has 0 saturated carbocycles. The van der Waals surface area contributed by atoms with E-state index >= 15 is 0 Å². The van der Waals surface area contributed by atoms with E-state index in [-0.39, 0.29) is 5.17 Å². The van der Waals surface area contributed by atoms with Crippen molar-refractivity contribution in [3.63, 3.8) is 0 Å². The summed E-state index contributed by atoms with van der Waals surface area (Å²) >= 11 is 7.73. The molecule has 10 heteroatoms. The molecule has 0 aliphatic rings. The third-order valence-electron chi connectivity index (χ3n) is 1.96. The second kappa shape index (κ2) is 14.5. The van der Waals surface area contributed by atoms with Crippen molar-refractivity contribution < 1.29 is 22.8 Å². The molecule has 0 aliphatic carbocycles. The van der Waals surface area contributed by atoms with Crippen molar-refractivity contribution in [1.29, 1.82) is 0 Å². The molecule has 0 heterocycles. The number of amides is 1. The molecular weight excluding hydrogens is 332 g/mol. The third-order valence-corrected chi connectivity index (χ3v) is 5.23. The monoisotopic (exact) mass is 358 g/mol. The Hall–Kier alpha value is -0.393. The molecular formula is C11H26N2O5S2Si. The van der Waals surface area contributed by atoms with Crippen LogP contribution in [0.5, 0.6) is 0 Å². The maximum absolute atomic E-state index is 9.09. The van der Waals surface area contributed by atoms with E-state index in [1.165, 1.54) is 0 Å². The van der Waals surface area contributed by atoms with Gasteiger partial charge >= 0.3 is 8.80 Å². The summed E-state index contributed by atoms with van der Waals surface area (Å²) in [4.78, 5) is 9.09. The maximum atomic E-state index is 9.09. The molecule has 1 amide bonds. The van der Waals surface area contributed by atoms with Crippen molar-refractivity contribution >= 4 is 44.1 Å². The zero-order valence-corrected chi connectivity index (χ0v) is 15.5. The standard InChI is InChI=1S/C10H23NO4SSi.CH3NOS/c1-4-13-17(14-5-2,15-6-3)9-7-8-12-10(11)16;2-1(3)4/h4-9H2,1-3H3,(H2,11,16);(H3,2,3,4). The number of nitrogens with two attached hydrogens (primary N) is 2. The van der Waals surface area contributed by atoms with Crippen LogP contribution in [0.15, 0.2) is 0 Å². The number of thiol groups is 1. The molecule has 0 unspecified atom stereocenters. The Bertz CT molecular complexity index is 277. The Morgan fingerprint density at radius 3 is 1.76 bits per heavy atom. The first-order chi connectivity index (χ1) is 9.83. The normalized spacial score (nSPS) is 10.5. The van der Waals surface area contributed by atoms with Crippen LogP contribution < -0.4 is 11.5 Å². The molecule has 0 aromatic heterocycles. The van der Waals surface area contributed by atoms with Gasteiger partial charge in [0.15, 0.2) is 0 Å². The number of ether oxygens (including phenoxy) is 1. The van der Waals surface area contributed by atoms with Crippen LogP contribution in [0, 0.1) is 0 Å². The van der Waals surface area contributed by atoms with E-state index < -0.39 is 14.0 Å². The average Bonchev–Trinajstić information content (AvgIpc) is 2.35. The van der Waals surface area contributed by atoms with Crippen molar-refractivity contribution in [2.45, 2.75) is 33.2 Å². The fourth-order valence-corrected chi connectivity index (χ4v) is 4.13. The van der Waals surface area contributed by atoms with E-state index in [1.54, 1.807) is 0 Å². The highest BCUT2D eigenvalue weighted by Crippen LogP contribution is 2.18. The van der Waals surface area contributed by atoms with Crippen molar-refractivity contribution in [3.8, 4) is 0 Å². The first kappa shape index (κ1) is 22.9. The van der Waals surface area contributed by atoms with Gasteiger partial charge < -0.3 is 29.5 Å². The Morgan fingerprint density at radius 1 is 1.10 bits per heavy atom. The molecule has 0 aliphatic heterocycles. The van der Waals surface area contributed by atoms with Gasteiger partial charge in [-0.2, -0.15) is 0 Å². The van der Waals surface area contributed by atoms with Crippen molar-refractivity contribution in [3.05, 3.63) is 0 Å². The largest absolute Gasteiger partial charge is 0.501 e. The lowest BCUT2D eigenvalue weighted by atomic mass is 10.5. The molecule has 126 valence electrons. The summed E-state index contributed by atoms with van der Waals surface area (Å²) in [6, 6.07) is 0.713. The molecule has 0 rings (SSSR count). The van der Waals surface area contributed by atoms with Gasteiger partial charge in [0.2, 0.25) is 0 Å². The number of hydrogen-bond donors (Lipinski definition) is 3. The number of hydrogen-bond acceptors (Lipinski definition) is 6. The van der Waals surface area contributed by atoms with Gasteiger partial charge in [-0.25, -0.2) is 0 Å². The zero-order valence-electron chi connectivity index (χ0n) is 12.8. The predicted molar refractivity (Wildman–Crippen MR) is 91.4 cm³/mol. The zero-order chi connectivity index (χ0) is 16.7. The fraction of sp³-hybridized carbons (Fsp3) is 0.818. The predicted octanol–water partition coefficient (Wildman–Crippen LogP) is 1.68. The van der Waals surface area contributed by atoms with Crippen LogP contribution >= 0.6 is 24.8 Å². The summed E-state index contributed by atoms with van der Waals surface area (Å²) in [6.07, 6.45) is 0.754. The topological polar surface area (TPSA) is 106 Å². The molecule has 0 bridgehead atoms. The van der Waals surface area contributed by atoms with Crippen LogP contribution in [0.1, 0.15) is 27.2 Å². The highest BCUT2D eigenvalue weighted by atomic mass is 32.1. The van der Waals surface area contributed by atoms with Gasteiger partial charge in [-0.3, -0.25) is 4.79 Å². The Kier molecular flexibility index (Phi) is 15.8. The second-order valence-corrected chi connectivity index (χ2v) is 7.17. The smallest absolute Gasteiger partial charge is 0.471 e. The summed E-state index contributed by atoms with van der Waals surface area (Å²) < 4.78 is 22.1. The van der Waals surface area contributed by atoms with E-state index in [0.29, 0.717) is 32.5 Å². The minimum atomic E-state index is -2.53. The fourth-order valence-electron chi connectivity index (χ4n) is 1.46. The lowest BCUT2D eigenvalue weighted by Crippen LogP contribution is -2.46.